The Balaban J connectivity index is 1.37. The fourth-order valence-corrected chi connectivity index (χ4v) is 6.35. The van der Waals surface area contributed by atoms with E-state index in [9.17, 15) is 9.59 Å². The summed E-state index contributed by atoms with van der Waals surface area (Å²) >= 11 is 0. The zero-order valence-electron chi connectivity index (χ0n) is 22.6. The lowest BCUT2D eigenvalue weighted by Gasteiger charge is -2.38. The Labute approximate surface area is 230 Å². The van der Waals surface area contributed by atoms with Crippen molar-refractivity contribution in [3.63, 3.8) is 0 Å². The molecule has 39 heavy (non-hydrogen) atoms. The number of hydrogen-bond donors (Lipinski definition) is 0. The minimum Gasteiger partial charge on any atom is -0.303 e. The highest BCUT2D eigenvalue weighted by Gasteiger charge is 2.40. The van der Waals surface area contributed by atoms with Crippen LogP contribution in [-0.4, -0.2) is 39.5 Å². The topological polar surface area (TPSA) is 71.0 Å². The van der Waals surface area contributed by atoms with Crippen LogP contribution in [-0.2, 0) is 16.8 Å². The van der Waals surface area contributed by atoms with Crippen LogP contribution in [0.25, 0.3) is 11.0 Å². The zero-order chi connectivity index (χ0) is 27.2. The number of hydrogen-bond acceptors (Lipinski definition) is 4. The summed E-state index contributed by atoms with van der Waals surface area (Å²) in [5.74, 6) is 0.242. The minimum atomic E-state index is -0.681. The van der Waals surface area contributed by atoms with Gasteiger partial charge in [-0.2, -0.15) is 5.26 Å². The normalized spacial score (nSPS) is 14.9. The number of para-hydroxylation sites is 2. The largest absolute Gasteiger partial charge is 0.329 e. The van der Waals surface area contributed by atoms with Crippen molar-refractivity contribution in [3.05, 3.63) is 107 Å². The van der Waals surface area contributed by atoms with E-state index in [1.807, 2.05) is 72.2 Å². The molecular formula is C33H36N4O2. The van der Waals surface area contributed by atoms with Crippen molar-refractivity contribution in [2.75, 3.05) is 19.6 Å². The number of nitrogens with zero attached hydrogens (tertiary/aromatic N) is 4. The molecular weight excluding hydrogens is 484 g/mol. The molecule has 0 amide bonds. The molecule has 5 rings (SSSR count). The van der Waals surface area contributed by atoms with Gasteiger partial charge in [-0.1, -0.05) is 79.7 Å². The summed E-state index contributed by atoms with van der Waals surface area (Å²) in [6.07, 6.45) is 3.25. The second-order valence-electron chi connectivity index (χ2n) is 10.4. The van der Waals surface area contributed by atoms with Gasteiger partial charge in [-0.15, -0.1) is 0 Å². The van der Waals surface area contributed by atoms with Crippen LogP contribution >= 0.6 is 0 Å². The molecule has 1 fully saturated rings. The quantitative estimate of drug-likeness (QED) is 0.269. The van der Waals surface area contributed by atoms with E-state index in [0.717, 1.165) is 54.6 Å². The molecule has 6 nitrogen and oxygen atoms in total. The van der Waals surface area contributed by atoms with Crippen LogP contribution in [0.2, 0.25) is 0 Å². The lowest BCUT2D eigenvalue weighted by atomic mass is 9.68. The van der Waals surface area contributed by atoms with Gasteiger partial charge < -0.3 is 4.90 Å². The van der Waals surface area contributed by atoms with E-state index >= 15 is 0 Å². The van der Waals surface area contributed by atoms with Crippen LogP contribution in [0.5, 0.6) is 0 Å². The Kier molecular flexibility index (Phi) is 8.09. The summed E-state index contributed by atoms with van der Waals surface area (Å²) in [7, 11) is 0. The molecule has 6 heteroatoms. The number of imidazole rings is 1. The van der Waals surface area contributed by atoms with E-state index in [1.54, 1.807) is 4.57 Å². The molecule has 0 unspecified atom stereocenters. The van der Waals surface area contributed by atoms with E-state index in [4.69, 9.17) is 5.26 Å². The Bertz CT molecular complexity index is 1470. The number of nitriles is 1. The van der Waals surface area contributed by atoms with Crippen LogP contribution < -0.4 is 5.69 Å². The van der Waals surface area contributed by atoms with Crippen LogP contribution in [0, 0.1) is 11.3 Å². The molecule has 2 heterocycles. The number of rotatable bonds is 10. The van der Waals surface area contributed by atoms with E-state index < -0.39 is 5.41 Å². The number of fused-ring (bicyclic) bond motifs is 1. The standard InChI is InChI=1S/C33H36N4O2/c1-2-31(38)33(26-12-5-3-6-13-26,27-14-7-4-8-15-27)20-25-35-23-18-28(19-24-35)37-30-17-10-9-16-29(30)36(32(37)39)22-11-21-34/h3-10,12-17,28H,2,11,18-20,22-25H2,1H3. The van der Waals surface area contributed by atoms with Crippen LogP contribution in [0.15, 0.2) is 89.7 Å². The number of Topliss-reactive ketones (excluding diaryl/α,β-unsaturated/α-hetero) is 1. The highest BCUT2D eigenvalue weighted by atomic mass is 16.2. The first-order chi connectivity index (χ1) is 19.1. The smallest absolute Gasteiger partial charge is 0.303 e. The second kappa shape index (κ2) is 11.8. The number of benzene rings is 3. The third kappa shape index (κ3) is 5.07. The Morgan fingerprint density at radius 3 is 2.00 bits per heavy atom. The van der Waals surface area contributed by atoms with Gasteiger partial charge in [0.05, 0.1) is 28.9 Å². The molecule has 0 saturated carbocycles. The molecule has 0 N–H and O–H groups in total. The molecule has 4 aromatic rings. The van der Waals surface area contributed by atoms with Crippen LogP contribution in [0.4, 0.5) is 0 Å². The summed E-state index contributed by atoms with van der Waals surface area (Å²) in [5.41, 5.74) is 3.24. The maximum atomic E-state index is 13.7. The fraction of sp³-hybridized carbons (Fsp3) is 0.364. The van der Waals surface area contributed by atoms with Crippen molar-refractivity contribution >= 4 is 16.8 Å². The molecule has 1 saturated heterocycles. The number of piperidine rings is 1. The number of likely N-dealkylation sites (tertiary alicyclic amines) is 1. The molecule has 0 bridgehead atoms. The second-order valence-corrected chi connectivity index (χ2v) is 10.4. The molecule has 200 valence electrons. The van der Waals surface area contributed by atoms with E-state index in [-0.39, 0.29) is 17.5 Å². The van der Waals surface area contributed by atoms with Gasteiger partial charge in [-0.3, -0.25) is 13.9 Å². The number of aryl methyl sites for hydroxylation is 1. The predicted octanol–water partition coefficient (Wildman–Crippen LogP) is 5.71. The maximum absolute atomic E-state index is 13.7. The van der Waals surface area contributed by atoms with Crippen molar-refractivity contribution in [2.45, 2.75) is 57.0 Å². The van der Waals surface area contributed by atoms with Crippen molar-refractivity contribution < 1.29 is 4.79 Å². The number of carbonyl (C=O) groups excluding carboxylic acids is 1. The van der Waals surface area contributed by atoms with Gasteiger partial charge >= 0.3 is 5.69 Å². The van der Waals surface area contributed by atoms with Gasteiger partial charge in [-0.25, -0.2) is 4.79 Å². The summed E-state index contributed by atoms with van der Waals surface area (Å²) in [6.45, 7) is 4.91. The fourth-order valence-electron chi connectivity index (χ4n) is 6.35. The Morgan fingerprint density at radius 2 is 1.44 bits per heavy atom. The lowest BCUT2D eigenvalue weighted by molar-refractivity contribution is -0.123. The van der Waals surface area contributed by atoms with E-state index in [1.165, 1.54) is 0 Å². The summed E-state index contributed by atoms with van der Waals surface area (Å²) < 4.78 is 3.69. The number of carbonyl (C=O) groups is 1. The third-order valence-electron chi connectivity index (χ3n) is 8.37. The van der Waals surface area contributed by atoms with Crippen molar-refractivity contribution in [2.24, 2.45) is 0 Å². The van der Waals surface area contributed by atoms with Gasteiger partial charge in [0, 0.05) is 32.1 Å². The zero-order valence-corrected chi connectivity index (χ0v) is 22.6. The lowest BCUT2D eigenvalue weighted by Crippen LogP contribution is -2.43. The van der Waals surface area contributed by atoms with Crippen molar-refractivity contribution in [3.8, 4) is 6.07 Å². The van der Waals surface area contributed by atoms with Gasteiger partial charge in [0.25, 0.3) is 0 Å². The predicted molar refractivity (Wildman–Crippen MR) is 155 cm³/mol. The summed E-state index contributed by atoms with van der Waals surface area (Å²) in [4.78, 5) is 29.6. The molecule has 0 aliphatic carbocycles. The molecule has 0 spiro atoms. The Morgan fingerprint density at radius 1 is 0.872 bits per heavy atom. The first-order valence-electron chi connectivity index (χ1n) is 14.0. The van der Waals surface area contributed by atoms with Crippen LogP contribution in [0.3, 0.4) is 0 Å². The average Bonchev–Trinajstić information content (AvgIpc) is 3.28. The number of ketones is 1. The Hall–Kier alpha value is -3.95. The molecule has 3 aromatic carbocycles. The van der Waals surface area contributed by atoms with Gasteiger partial charge in [0.2, 0.25) is 0 Å². The number of aromatic nitrogens is 2. The first kappa shape index (κ1) is 26.6. The monoisotopic (exact) mass is 520 g/mol. The highest BCUT2D eigenvalue weighted by molar-refractivity contribution is 5.93. The van der Waals surface area contributed by atoms with Gasteiger partial charge in [0.15, 0.2) is 0 Å². The highest BCUT2D eigenvalue weighted by Crippen LogP contribution is 2.38. The summed E-state index contributed by atoms with van der Waals surface area (Å²) in [5, 5.41) is 9.08. The SMILES string of the molecule is CCC(=O)C(CCN1CCC(n2c(=O)n(CCC#N)c3ccccc32)CC1)(c1ccccc1)c1ccccc1. The molecule has 0 atom stereocenters. The minimum absolute atomic E-state index is 0.0226. The average molecular weight is 521 g/mol. The van der Waals surface area contributed by atoms with E-state index in [2.05, 4.69) is 35.2 Å². The maximum Gasteiger partial charge on any atom is 0.329 e. The van der Waals surface area contributed by atoms with Crippen molar-refractivity contribution in [1.29, 1.82) is 5.26 Å². The van der Waals surface area contributed by atoms with Crippen LogP contribution in [0.1, 0.15) is 56.2 Å². The molecule has 0 radical (unpaired) electrons. The third-order valence-corrected chi connectivity index (χ3v) is 8.37. The van der Waals surface area contributed by atoms with Gasteiger partial charge in [0.1, 0.15) is 5.78 Å². The molecule has 1 aliphatic heterocycles. The van der Waals surface area contributed by atoms with Crippen molar-refractivity contribution in [1.82, 2.24) is 14.0 Å². The van der Waals surface area contributed by atoms with Gasteiger partial charge in [-0.05, 0) is 49.1 Å². The molecule has 1 aliphatic rings. The molecule has 1 aromatic heterocycles. The summed E-state index contributed by atoms with van der Waals surface area (Å²) in [6, 6.07) is 30.6. The van der Waals surface area contributed by atoms with E-state index in [0.29, 0.717) is 25.8 Å². The first-order valence-corrected chi connectivity index (χ1v) is 14.0.